The third-order valence-electron chi connectivity index (χ3n) is 1.29. The average molecular weight is 249 g/mol. The van der Waals surface area contributed by atoms with Gasteiger partial charge in [0.15, 0.2) is 10.6 Å². The summed E-state index contributed by atoms with van der Waals surface area (Å²) in [5.74, 6) is 0. The summed E-state index contributed by atoms with van der Waals surface area (Å²) in [6, 6.07) is 0. The fraction of sp³-hybridized carbons (Fsp3) is 0.143. The van der Waals surface area contributed by atoms with Crippen LogP contribution < -0.4 is 5.49 Å². The van der Waals surface area contributed by atoms with Crippen molar-refractivity contribution in [3.05, 3.63) is 29.6 Å². The molecule has 0 saturated carbocycles. The lowest BCUT2D eigenvalue weighted by atomic mass is 10.6. The van der Waals surface area contributed by atoms with Crippen LogP contribution >= 0.6 is 27.5 Å². The zero-order valence-electron chi connectivity index (χ0n) is 6.46. The smallest absolute Gasteiger partial charge is 0.172 e. The molecule has 0 bridgehead atoms. The van der Waals surface area contributed by atoms with Gasteiger partial charge in [0.05, 0.1) is 4.61 Å². The molecule has 0 amide bonds. The molecule has 0 spiro atoms. The standard InChI is InChI=1S/C7H7BrClN3/c1-5(8)12-4-3-11-6(9)7(12)10-2/h3-4H,1H2,2H3. The first-order valence-electron chi connectivity index (χ1n) is 3.17. The minimum absolute atomic E-state index is 0.362. The first-order valence-corrected chi connectivity index (χ1v) is 4.34. The van der Waals surface area contributed by atoms with E-state index in [1.54, 1.807) is 24.0 Å². The van der Waals surface area contributed by atoms with Gasteiger partial charge in [-0.1, -0.05) is 18.2 Å². The first kappa shape index (κ1) is 9.48. The molecular formula is C7H7BrClN3. The molecule has 1 heterocycles. The lowest BCUT2D eigenvalue weighted by molar-refractivity contribution is 0.950. The maximum absolute atomic E-state index is 5.79. The number of halogens is 2. The van der Waals surface area contributed by atoms with Crippen LogP contribution in [-0.4, -0.2) is 16.6 Å². The fourth-order valence-electron chi connectivity index (χ4n) is 0.789. The zero-order chi connectivity index (χ0) is 9.14. The van der Waals surface area contributed by atoms with Crippen LogP contribution in [-0.2, 0) is 0 Å². The van der Waals surface area contributed by atoms with Gasteiger partial charge in [-0.25, -0.2) is 4.98 Å². The first-order chi connectivity index (χ1) is 5.66. The van der Waals surface area contributed by atoms with E-state index in [9.17, 15) is 0 Å². The summed E-state index contributed by atoms with van der Waals surface area (Å²) in [7, 11) is 1.65. The fourth-order valence-corrected chi connectivity index (χ4v) is 1.31. The number of hydrogen-bond acceptors (Lipinski definition) is 2. The van der Waals surface area contributed by atoms with Gasteiger partial charge in [0.1, 0.15) is 0 Å². The van der Waals surface area contributed by atoms with Crippen molar-refractivity contribution < 1.29 is 0 Å². The molecule has 0 aromatic carbocycles. The molecule has 3 nitrogen and oxygen atoms in total. The number of hydrogen-bond donors (Lipinski definition) is 0. The molecule has 0 aliphatic carbocycles. The monoisotopic (exact) mass is 247 g/mol. The van der Waals surface area contributed by atoms with Gasteiger partial charge >= 0.3 is 0 Å². The van der Waals surface area contributed by atoms with E-state index in [0.29, 0.717) is 15.2 Å². The summed E-state index contributed by atoms with van der Waals surface area (Å²) in [6.45, 7) is 3.71. The molecule has 0 aliphatic rings. The molecule has 64 valence electrons. The van der Waals surface area contributed by atoms with E-state index < -0.39 is 0 Å². The van der Waals surface area contributed by atoms with E-state index in [1.807, 2.05) is 0 Å². The van der Waals surface area contributed by atoms with Crippen molar-refractivity contribution in [2.75, 3.05) is 7.05 Å². The number of nitrogens with zero attached hydrogens (tertiary/aromatic N) is 3. The summed E-state index contributed by atoms with van der Waals surface area (Å²) < 4.78 is 2.38. The summed E-state index contributed by atoms with van der Waals surface area (Å²) in [5.41, 5.74) is 0.584. The Morgan fingerprint density at radius 2 is 2.50 bits per heavy atom. The molecule has 5 heteroatoms. The molecule has 1 aromatic heterocycles. The Balaban J connectivity index is 3.50. The second-order valence-corrected chi connectivity index (χ2v) is 3.28. The predicted octanol–water partition coefficient (Wildman–Crippen LogP) is 1.89. The van der Waals surface area contributed by atoms with Crippen LogP contribution in [0.15, 0.2) is 24.0 Å². The van der Waals surface area contributed by atoms with Crippen LogP contribution in [0.3, 0.4) is 0 Å². The molecule has 0 fully saturated rings. The van der Waals surface area contributed by atoms with Gasteiger partial charge in [-0.3, -0.25) is 9.56 Å². The number of rotatable bonds is 1. The third kappa shape index (κ3) is 1.76. The molecule has 0 aliphatic heterocycles. The van der Waals surface area contributed by atoms with Gasteiger partial charge in [-0.15, -0.1) is 0 Å². The topological polar surface area (TPSA) is 30.2 Å². The lowest BCUT2D eigenvalue weighted by Gasteiger charge is -2.03. The van der Waals surface area contributed by atoms with Gasteiger partial charge < -0.3 is 0 Å². The van der Waals surface area contributed by atoms with E-state index >= 15 is 0 Å². The largest absolute Gasteiger partial charge is 0.292 e. The minimum Gasteiger partial charge on any atom is -0.292 e. The van der Waals surface area contributed by atoms with E-state index in [4.69, 9.17) is 11.6 Å². The summed E-state index contributed by atoms with van der Waals surface area (Å²) in [5, 5.41) is 0.362. The molecule has 0 saturated heterocycles. The third-order valence-corrected chi connectivity index (χ3v) is 1.94. The highest BCUT2D eigenvalue weighted by Crippen LogP contribution is 2.06. The van der Waals surface area contributed by atoms with Gasteiger partial charge in [-0.2, -0.15) is 0 Å². The molecule has 1 aromatic rings. The van der Waals surface area contributed by atoms with E-state index in [-0.39, 0.29) is 0 Å². The quantitative estimate of drug-likeness (QED) is 0.746. The van der Waals surface area contributed by atoms with Crippen molar-refractivity contribution in [2.45, 2.75) is 0 Å². The Kier molecular flexibility index (Phi) is 3.05. The van der Waals surface area contributed by atoms with Crippen molar-refractivity contribution in [3.63, 3.8) is 0 Å². The summed E-state index contributed by atoms with van der Waals surface area (Å²) in [6.07, 6.45) is 3.31. The van der Waals surface area contributed by atoms with Crippen LogP contribution in [0.1, 0.15) is 0 Å². The van der Waals surface area contributed by atoms with Crippen LogP contribution in [0.4, 0.5) is 0 Å². The molecule has 0 N–H and O–H groups in total. The Morgan fingerprint density at radius 1 is 1.83 bits per heavy atom. The Morgan fingerprint density at radius 3 is 2.92 bits per heavy atom. The van der Waals surface area contributed by atoms with Gasteiger partial charge in [0.25, 0.3) is 0 Å². The molecule has 0 unspecified atom stereocenters. The second-order valence-electron chi connectivity index (χ2n) is 2.01. The van der Waals surface area contributed by atoms with Crippen molar-refractivity contribution in [2.24, 2.45) is 4.99 Å². The van der Waals surface area contributed by atoms with Crippen molar-refractivity contribution in [1.29, 1.82) is 0 Å². The van der Waals surface area contributed by atoms with Gasteiger partial charge in [-0.05, 0) is 15.9 Å². The van der Waals surface area contributed by atoms with Crippen LogP contribution in [0, 0.1) is 0 Å². The van der Waals surface area contributed by atoms with Crippen molar-refractivity contribution >= 4 is 32.1 Å². The van der Waals surface area contributed by atoms with Crippen LogP contribution in [0.2, 0.25) is 5.15 Å². The maximum atomic E-state index is 5.79. The highest BCUT2D eigenvalue weighted by molar-refractivity contribution is 9.14. The van der Waals surface area contributed by atoms with E-state index in [0.717, 1.165) is 0 Å². The maximum Gasteiger partial charge on any atom is 0.172 e. The second kappa shape index (κ2) is 3.87. The molecule has 0 radical (unpaired) electrons. The Hall–Kier alpha value is -0.610. The molecule has 1 rings (SSSR count). The van der Waals surface area contributed by atoms with Crippen LogP contribution in [0.25, 0.3) is 4.61 Å². The zero-order valence-corrected chi connectivity index (χ0v) is 8.80. The van der Waals surface area contributed by atoms with Crippen molar-refractivity contribution in [3.8, 4) is 0 Å². The summed E-state index contributed by atoms with van der Waals surface area (Å²) in [4.78, 5) is 7.85. The predicted molar refractivity (Wildman–Crippen MR) is 53.0 cm³/mol. The van der Waals surface area contributed by atoms with Crippen molar-refractivity contribution in [1.82, 2.24) is 9.55 Å². The molecule has 0 atom stereocenters. The normalized spacial score (nSPS) is 11.8. The Labute approximate surface area is 83.6 Å². The number of aromatic nitrogens is 2. The summed E-state index contributed by atoms with van der Waals surface area (Å²) >= 11 is 9.02. The lowest BCUT2D eigenvalue weighted by Crippen LogP contribution is -2.19. The van der Waals surface area contributed by atoms with Crippen LogP contribution in [0.5, 0.6) is 0 Å². The van der Waals surface area contributed by atoms with E-state index in [2.05, 4.69) is 32.5 Å². The Bertz CT molecular complexity index is 369. The van der Waals surface area contributed by atoms with E-state index in [1.165, 1.54) is 0 Å². The molecular weight excluding hydrogens is 241 g/mol. The van der Waals surface area contributed by atoms with Gasteiger partial charge in [0.2, 0.25) is 0 Å². The highest BCUT2D eigenvalue weighted by atomic mass is 79.9. The molecule has 12 heavy (non-hydrogen) atoms. The highest BCUT2D eigenvalue weighted by Gasteiger charge is 1.98. The average Bonchev–Trinajstić information content (AvgIpc) is 2.03. The minimum atomic E-state index is 0.362. The van der Waals surface area contributed by atoms with Gasteiger partial charge in [0, 0.05) is 19.4 Å². The SMILES string of the molecule is C=C(Br)n1ccnc(Cl)c1=NC.